The fraction of sp³-hybridized carbons (Fsp3) is 0.269. The molecule has 7 heteroatoms. The molecule has 0 unspecified atom stereocenters. The summed E-state index contributed by atoms with van der Waals surface area (Å²) in [4.78, 5) is 6.94. The molecule has 2 heterocycles. The van der Waals surface area contributed by atoms with Crippen molar-refractivity contribution >= 4 is 17.0 Å². The molecule has 0 bridgehead atoms. The number of fused-ring (bicyclic) bond motifs is 1. The molecular weight excluding hydrogens is 430 g/mol. The summed E-state index contributed by atoms with van der Waals surface area (Å²) in [7, 11) is 0. The Balaban J connectivity index is 1.43. The number of benzene rings is 3. The van der Waals surface area contributed by atoms with Gasteiger partial charge in [0.05, 0.1) is 23.1 Å². The van der Waals surface area contributed by atoms with Gasteiger partial charge in [-0.05, 0) is 66.3 Å². The first-order valence-electron chi connectivity index (χ1n) is 10.9. The molecule has 1 radical (unpaired) electrons. The molecular formula is C26H22F4N3. The molecule has 0 saturated carbocycles. The lowest BCUT2D eigenvalue weighted by molar-refractivity contribution is -0.138. The van der Waals surface area contributed by atoms with Gasteiger partial charge in [0.25, 0.3) is 0 Å². The number of hydrogen-bond donors (Lipinski definition) is 0. The van der Waals surface area contributed by atoms with Crippen molar-refractivity contribution in [2.75, 3.05) is 18.0 Å². The second-order valence-corrected chi connectivity index (χ2v) is 8.39. The van der Waals surface area contributed by atoms with Gasteiger partial charge in [0.15, 0.2) is 0 Å². The van der Waals surface area contributed by atoms with E-state index in [0.717, 1.165) is 28.6 Å². The van der Waals surface area contributed by atoms with Crippen molar-refractivity contribution in [3.8, 4) is 0 Å². The number of alkyl halides is 3. The van der Waals surface area contributed by atoms with E-state index in [2.05, 4.69) is 15.5 Å². The molecule has 3 aromatic carbocycles. The lowest BCUT2D eigenvalue weighted by Gasteiger charge is -2.34. The summed E-state index contributed by atoms with van der Waals surface area (Å²) in [5.41, 5.74) is 2.35. The van der Waals surface area contributed by atoms with E-state index in [4.69, 9.17) is 4.98 Å². The summed E-state index contributed by atoms with van der Waals surface area (Å²) in [6.07, 6.45) is -3.20. The highest BCUT2D eigenvalue weighted by molar-refractivity contribution is 5.79. The first-order chi connectivity index (χ1) is 15.9. The predicted octanol–water partition coefficient (Wildman–Crippen LogP) is 6.43. The Morgan fingerprint density at radius 2 is 1.79 bits per heavy atom. The molecule has 1 aromatic heterocycles. The van der Waals surface area contributed by atoms with E-state index in [0.29, 0.717) is 38.0 Å². The Labute approximate surface area is 189 Å². The number of imidazole rings is 1. The topological polar surface area (TPSA) is 21.1 Å². The third-order valence-electron chi connectivity index (χ3n) is 6.28. The van der Waals surface area contributed by atoms with Crippen molar-refractivity contribution in [1.29, 1.82) is 0 Å². The van der Waals surface area contributed by atoms with Gasteiger partial charge in [-0.25, -0.2) is 9.37 Å². The third-order valence-corrected chi connectivity index (χ3v) is 6.28. The summed E-state index contributed by atoms with van der Waals surface area (Å²) >= 11 is 0. The van der Waals surface area contributed by atoms with E-state index in [1.54, 1.807) is 18.2 Å². The molecule has 0 N–H and O–H groups in total. The number of hydrogen-bond acceptors (Lipinski definition) is 2. The Morgan fingerprint density at radius 1 is 1.00 bits per heavy atom. The van der Waals surface area contributed by atoms with Crippen LogP contribution in [-0.4, -0.2) is 22.6 Å². The standard InChI is InChI=1S/C26H22F4N3/c27-20-7-5-6-18(16-20)17-33-24-11-4-3-10-23(24)31-25(33)32-14-12-19(13-15-32)21-8-1-2-9-22(21)26(28,29)30/h1,3-11,16,19H,12-15,17H2. The molecule has 4 aromatic rings. The molecule has 169 valence electrons. The van der Waals surface area contributed by atoms with Crippen LogP contribution in [-0.2, 0) is 12.7 Å². The summed E-state index contributed by atoms with van der Waals surface area (Å²) in [5, 5.41) is 0. The van der Waals surface area contributed by atoms with Gasteiger partial charge in [-0.2, -0.15) is 13.2 Å². The minimum atomic E-state index is -4.39. The number of halogens is 4. The summed E-state index contributed by atoms with van der Waals surface area (Å²) < 4.78 is 56.3. The molecule has 1 aliphatic rings. The number of aromatic nitrogens is 2. The van der Waals surface area contributed by atoms with Crippen LogP contribution in [0.15, 0.2) is 66.7 Å². The van der Waals surface area contributed by atoms with Crippen LogP contribution in [0.2, 0.25) is 0 Å². The Morgan fingerprint density at radius 3 is 2.55 bits per heavy atom. The lowest BCUT2D eigenvalue weighted by atomic mass is 9.86. The molecule has 3 nitrogen and oxygen atoms in total. The minimum absolute atomic E-state index is 0.173. The van der Waals surface area contributed by atoms with E-state index < -0.39 is 11.7 Å². The number of para-hydroxylation sites is 2. The van der Waals surface area contributed by atoms with Gasteiger partial charge in [-0.15, -0.1) is 0 Å². The van der Waals surface area contributed by atoms with Gasteiger partial charge in [0, 0.05) is 13.1 Å². The minimum Gasteiger partial charge on any atom is -0.342 e. The highest BCUT2D eigenvalue weighted by Gasteiger charge is 2.36. The molecule has 1 saturated heterocycles. The average molecular weight is 452 g/mol. The van der Waals surface area contributed by atoms with Gasteiger partial charge >= 0.3 is 6.18 Å². The molecule has 5 rings (SSSR count). The predicted molar refractivity (Wildman–Crippen MR) is 120 cm³/mol. The van der Waals surface area contributed by atoms with E-state index >= 15 is 0 Å². The molecule has 33 heavy (non-hydrogen) atoms. The third kappa shape index (κ3) is 4.32. The van der Waals surface area contributed by atoms with Crippen LogP contribution in [0.25, 0.3) is 11.0 Å². The van der Waals surface area contributed by atoms with Crippen LogP contribution in [0.1, 0.15) is 35.4 Å². The van der Waals surface area contributed by atoms with Gasteiger partial charge in [-0.3, -0.25) is 0 Å². The van der Waals surface area contributed by atoms with Crippen LogP contribution < -0.4 is 4.90 Å². The SMILES string of the molecule is Fc1cccc(Cn2c(N3CCC(c4cc[c]cc4C(F)(F)F)CC3)nc3ccccc32)c1. The summed E-state index contributed by atoms with van der Waals surface area (Å²) in [6, 6.07) is 21.0. The van der Waals surface area contributed by atoms with E-state index in [1.807, 2.05) is 30.3 Å². The second kappa shape index (κ2) is 8.54. The smallest absolute Gasteiger partial charge is 0.342 e. The maximum atomic E-state index is 13.8. The molecule has 0 amide bonds. The van der Waals surface area contributed by atoms with Crippen molar-refractivity contribution in [2.45, 2.75) is 31.5 Å². The van der Waals surface area contributed by atoms with Crippen molar-refractivity contribution in [3.63, 3.8) is 0 Å². The quantitative estimate of drug-likeness (QED) is 0.333. The van der Waals surface area contributed by atoms with E-state index in [-0.39, 0.29) is 11.7 Å². The van der Waals surface area contributed by atoms with Crippen LogP contribution in [0.3, 0.4) is 0 Å². The molecule has 0 aliphatic carbocycles. The zero-order valence-corrected chi connectivity index (χ0v) is 17.8. The fourth-order valence-corrected chi connectivity index (χ4v) is 4.71. The monoisotopic (exact) mass is 452 g/mol. The molecule has 1 aliphatic heterocycles. The maximum Gasteiger partial charge on any atom is 0.416 e. The Kier molecular flexibility index (Phi) is 5.56. The Bertz CT molecular complexity index is 1270. The summed E-state index contributed by atoms with van der Waals surface area (Å²) in [5.74, 6) is 0.296. The number of anilines is 1. The van der Waals surface area contributed by atoms with Crippen molar-refractivity contribution in [2.24, 2.45) is 0 Å². The Hall–Kier alpha value is -3.35. The molecule has 0 atom stereocenters. The van der Waals surface area contributed by atoms with Crippen LogP contribution in [0.4, 0.5) is 23.5 Å². The number of rotatable bonds is 4. The summed E-state index contributed by atoms with van der Waals surface area (Å²) in [6.45, 7) is 1.64. The highest BCUT2D eigenvalue weighted by atomic mass is 19.4. The highest BCUT2D eigenvalue weighted by Crippen LogP contribution is 2.39. The molecule has 0 spiro atoms. The van der Waals surface area contributed by atoms with Gasteiger partial charge in [-0.1, -0.05) is 36.4 Å². The van der Waals surface area contributed by atoms with Crippen LogP contribution >= 0.6 is 0 Å². The van der Waals surface area contributed by atoms with Crippen molar-refractivity contribution in [3.05, 3.63) is 95.3 Å². The molecule has 1 fully saturated rings. The van der Waals surface area contributed by atoms with Crippen molar-refractivity contribution < 1.29 is 17.6 Å². The fourth-order valence-electron chi connectivity index (χ4n) is 4.71. The lowest BCUT2D eigenvalue weighted by Crippen LogP contribution is -2.35. The number of nitrogens with zero attached hydrogens (tertiary/aromatic N) is 3. The average Bonchev–Trinajstić information content (AvgIpc) is 3.17. The van der Waals surface area contributed by atoms with Gasteiger partial charge in [0.2, 0.25) is 5.95 Å². The van der Waals surface area contributed by atoms with Crippen molar-refractivity contribution in [1.82, 2.24) is 9.55 Å². The zero-order chi connectivity index (χ0) is 23.0. The normalized spacial score (nSPS) is 15.3. The zero-order valence-electron chi connectivity index (χ0n) is 17.8. The first-order valence-corrected chi connectivity index (χ1v) is 10.9. The van der Waals surface area contributed by atoms with E-state index in [1.165, 1.54) is 12.1 Å². The second-order valence-electron chi connectivity index (χ2n) is 8.39. The maximum absolute atomic E-state index is 13.8. The first kappa shape index (κ1) is 21.5. The number of piperidine rings is 1. The largest absolute Gasteiger partial charge is 0.416 e. The van der Waals surface area contributed by atoms with E-state index in [9.17, 15) is 17.6 Å². The van der Waals surface area contributed by atoms with Gasteiger partial charge < -0.3 is 9.47 Å². The van der Waals surface area contributed by atoms with Gasteiger partial charge in [0.1, 0.15) is 5.82 Å². The van der Waals surface area contributed by atoms with Crippen LogP contribution in [0.5, 0.6) is 0 Å². The van der Waals surface area contributed by atoms with Crippen LogP contribution in [0, 0.1) is 11.9 Å².